The Labute approximate surface area is 83.0 Å². The summed E-state index contributed by atoms with van der Waals surface area (Å²) in [6.07, 6.45) is 2.18. The van der Waals surface area contributed by atoms with Crippen LogP contribution < -0.4 is 0 Å². The summed E-state index contributed by atoms with van der Waals surface area (Å²) in [5.41, 5.74) is 0.266. The highest BCUT2D eigenvalue weighted by Gasteiger charge is 2.42. The number of amides is 1. The number of hydrogen-bond acceptors (Lipinski definition) is 2. The van der Waals surface area contributed by atoms with Crippen molar-refractivity contribution in [1.82, 2.24) is 4.90 Å². The van der Waals surface area contributed by atoms with Gasteiger partial charge in [0.15, 0.2) is 0 Å². The molecular formula is C9H14ClNO2. The summed E-state index contributed by atoms with van der Waals surface area (Å²) in [6, 6.07) is 0. The molecule has 4 heteroatoms. The van der Waals surface area contributed by atoms with E-state index in [2.05, 4.69) is 0 Å². The average Bonchev–Trinajstić information content (AvgIpc) is 2.76. The van der Waals surface area contributed by atoms with Crippen LogP contribution in [-0.2, 0) is 9.53 Å². The first-order chi connectivity index (χ1) is 6.26. The maximum Gasteiger partial charge on any atom is 0.237 e. The van der Waals surface area contributed by atoms with Crippen LogP contribution in [-0.4, -0.2) is 43.0 Å². The molecule has 3 nitrogen and oxygen atoms in total. The SMILES string of the molecule is O=C(CCl)N1CC[C@]2(CCOC2)C1. The van der Waals surface area contributed by atoms with E-state index < -0.39 is 0 Å². The Kier molecular flexibility index (Phi) is 2.47. The second-order valence-corrected chi connectivity index (χ2v) is 4.27. The Hall–Kier alpha value is -0.280. The number of likely N-dealkylation sites (tertiary alicyclic amines) is 1. The molecule has 0 aromatic carbocycles. The summed E-state index contributed by atoms with van der Waals surface area (Å²) in [5, 5.41) is 0. The molecule has 2 fully saturated rings. The molecule has 0 bridgehead atoms. The molecule has 0 N–H and O–H groups in total. The van der Waals surface area contributed by atoms with E-state index in [1.165, 1.54) is 0 Å². The first-order valence-corrected chi connectivity index (χ1v) is 5.21. The largest absolute Gasteiger partial charge is 0.381 e. The van der Waals surface area contributed by atoms with E-state index in [0.717, 1.165) is 39.1 Å². The van der Waals surface area contributed by atoms with Crippen molar-refractivity contribution in [3.8, 4) is 0 Å². The molecule has 2 aliphatic heterocycles. The molecule has 0 saturated carbocycles. The lowest BCUT2D eigenvalue weighted by atomic mass is 9.87. The number of halogens is 1. The lowest BCUT2D eigenvalue weighted by Crippen LogP contribution is -2.33. The number of nitrogens with zero attached hydrogens (tertiary/aromatic N) is 1. The molecule has 2 rings (SSSR count). The molecular weight excluding hydrogens is 190 g/mol. The van der Waals surface area contributed by atoms with E-state index in [9.17, 15) is 4.79 Å². The van der Waals surface area contributed by atoms with Crippen molar-refractivity contribution in [1.29, 1.82) is 0 Å². The number of hydrogen-bond donors (Lipinski definition) is 0. The maximum atomic E-state index is 11.3. The average molecular weight is 204 g/mol. The zero-order valence-electron chi connectivity index (χ0n) is 7.59. The van der Waals surface area contributed by atoms with Crippen molar-refractivity contribution < 1.29 is 9.53 Å². The molecule has 0 aliphatic carbocycles. The fourth-order valence-electron chi connectivity index (χ4n) is 2.20. The summed E-state index contributed by atoms with van der Waals surface area (Å²) >= 11 is 5.50. The van der Waals surface area contributed by atoms with Crippen LogP contribution in [0.2, 0.25) is 0 Å². The minimum atomic E-state index is 0.0606. The van der Waals surface area contributed by atoms with Crippen LogP contribution in [0.25, 0.3) is 0 Å². The van der Waals surface area contributed by atoms with Crippen LogP contribution in [0.3, 0.4) is 0 Å². The minimum Gasteiger partial charge on any atom is -0.381 e. The molecule has 74 valence electrons. The second-order valence-electron chi connectivity index (χ2n) is 4.00. The van der Waals surface area contributed by atoms with Crippen molar-refractivity contribution >= 4 is 17.5 Å². The Bertz CT molecular complexity index is 214. The highest BCUT2D eigenvalue weighted by molar-refractivity contribution is 6.27. The second kappa shape index (κ2) is 3.46. The molecule has 2 saturated heterocycles. The number of alkyl halides is 1. The van der Waals surface area contributed by atoms with Crippen LogP contribution in [0, 0.1) is 5.41 Å². The third kappa shape index (κ3) is 1.67. The standard InChI is InChI=1S/C9H14ClNO2/c10-5-8(12)11-3-1-9(6-11)2-4-13-7-9/h1-7H2/t9-/m0/s1. The van der Waals surface area contributed by atoms with Gasteiger partial charge in [-0.3, -0.25) is 4.79 Å². The van der Waals surface area contributed by atoms with Gasteiger partial charge in [-0.25, -0.2) is 0 Å². The molecule has 1 amide bonds. The normalized spacial score (nSPS) is 33.2. The third-order valence-electron chi connectivity index (χ3n) is 3.09. The van der Waals surface area contributed by atoms with Gasteiger partial charge in [0.2, 0.25) is 5.91 Å². The number of ether oxygens (including phenoxy) is 1. The van der Waals surface area contributed by atoms with Gasteiger partial charge in [0.05, 0.1) is 6.61 Å². The van der Waals surface area contributed by atoms with Gasteiger partial charge in [-0.1, -0.05) is 0 Å². The predicted molar refractivity (Wildman–Crippen MR) is 49.8 cm³/mol. The highest BCUT2D eigenvalue weighted by atomic mass is 35.5. The van der Waals surface area contributed by atoms with Crippen LogP contribution >= 0.6 is 11.6 Å². The summed E-state index contributed by atoms with van der Waals surface area (Å²) in [7, 11) is 0. The van der Waals surface area contributed by atoms with Crippen LogP contribution in [0.5, 0.6) is 0 Å². The Morgan fingerprint density at radius 2 is 2.38 bits per heavy atom. The zero-order chi connectivity index (χ0) is 9.31. The first kappa shape index (κ1) is 9.28. The van der Waals surface area contributed by atoms with Gasteiger partial charge in [0, 0.05) is 25.1 Å². The molecule has 0 unspecified atom stereocenters. The first-order valence-electron chi connectivity index (χ1n) is 4.67. The Morgan fingerprint density at radius 1 is 1.54 bits per heavy atom. The van der Waals surface area contributed by atoms with E-state index in [1.54, 1.807) is 0 Å². The fourth-order valence-corrected chi connectivity index (χ4v) is 2.37. The number of carbonyl (C=O) groups is 1. The lowest BCUT2D eigenvalue weighted by molar-refractivity contribution is -0.127. The van der Waals surface area contributed by atoms with E-state index in [0.29, 0.717) is 0 Å². The van der Waals surface area contributed by atoms with E-state index in [1.807, 2.05) is 4.90 Å². The van der Waals surface area contributed by atoms with Crippen LogP contribution in [0.4, 0.5) is 0 Å². The third-order valence-corrected chi connectivity index (χ3v) is 3.32. The van der Waals surface area contributed by atoms with Crippen LogP contribution in [0.1, 0.15) is 12.8 Å². The van der Waals surface area contributed by atoms with Gasteiger partial charge >= 0.3 is 0 Å². The minimum absolute atomic E-state index is 0.0606. The summed E-state index contributed by atoms with van der Waals surface area (Å²) in [5.74, 6) is 0.169. The Balaban J connectivity index is 1.96. The van der Waals surface area contributed by atoms with Crippen molar-refractivity contribution in [2.24, 2.45) is 5.41 Å². The molecule has 0 aromatic rings. The Morgan fingerprint density at radius 3 is 3.00 bits per heavy atom. The van der Waals surface area contributed by atoms with Crippen molar-refractivity contribution in [3.63, 3.8) is 0 Å². The van der Waals surface area contributed by atoms with Gasteiger partial charge in [-0.2, -0.15) is 0 Å². The van der Waals surface area contributed by atoms with Gasteiger partial charge < -0.3 is 9.64 Å². The molecule has 1 spiro atoms. The molecule has 2 aliphatic rings. The van der Waals surface area contributed by atoms with E-state index >= 15 is 0 Å². The predicted octanol–water partition coefficient (Wildman–Crippen LogP) is 0.864. The van der Waals surface area contributed by atoms with Crippen molar-refractivity contribution in [2.45, 2.75) is 12.8 Å². The van der Waals surface area contributed by atoms with E-state index in [4.69, 9.17) is 16.3 Å². The van der Waals surface area contributed by atoms with Crippen LogP contribution in [0.15, 0.2) is 0 Å². The maximum absolute atomic E-state index is 11.3. The van der Waals surface area contributed by atoms with Gasteiger partial charge in [-0.15, -0.1) is 11.6 Å². The van der Waals surface area contributed by atoms with Crippen molar-refractivity contribution in [2.75, 3.05) is 32.2 Å². The molecule has 1 atom stereocenters. The van der Waals surface area contributed by atoms with E-state index in [-0.39, 0.29) is 17.2 Å². The van der Waals surface area contributed by atoms with Gasteiger partial charge in [0.25, 0.3) is 0 Å². The summed E-state index contributed by atoms with van der Waals surface area (Å²) in [4.78, 5) is 13.2. The summed E-state index contributed by atoms with van der Waals surface area (Å²) < 4.78 is 5.37. The van der Waals surface area contributed by atoms with Gasteiger partial charge in [0.1, 0.15) is 5.88 Å². The molecule has 0 radical (unpaired) electrons. The quantitative estimate of drug-likeness (QED) is 0.592. The smallest absolute Gasteiger partial charge is 0.237 e. The summed E-state index contributed by atoms with van der Waals surface area (Å²) in [6.45, 7) is 3.37. The monoisotopic (exact) mass is 203 g/mol. The number of carbonyl (C=O) groups excluding carboxylic acids is 1. The molecule has 0 aromatic heterocycles. The lowest BCUT2D eigenvalue weighted by Gasteiger charge is -2.21. The zero-order valence-corrected chi connectivity index (χ0v) is 8.35. The van der Waals surface area contributed by atoms with Gasteiger partial charge in [-0.05, 0) is 12.8 Å². The molecule has 2 heterocycles. The highest BCUT2D eigenvalue weighted by Crippen LogP contribution is 2.38. The molecule has 13 heavy (non-hydrogen) atoms. The van der Waals surface area contributed by atoms with Crippen molar-refractivity contribution in [3.05, 3.63) is 0 Å². The fraction of sp³-hybridized carbons (Fsp3) is 0.889. The topological polar surface area (TPSA) is 29.5 Å². The number of rotatable bonds is 1.